The van der Waals surface area contributed by atoms with Gasteiger partial charge in [0.2, 0.25) is 70.9 Å². The summed E-state index contributed by atoms with van der Waals surface area (Å²) in [7, 11) is 3.37. The van der Waals surface area contributed by atoms with Gasteiger partial charge in [0, 0.05) is 125 Å². The highest BCUT2D eigenvalue weighted by molar-refractivity contribution is 8.76. The Morgan fingerprint density at radius 3 is 1.31 bits per heavy atom. The fraction of sp³-hybridized carbons (Fsp3) is 0.511. The van der Waals surface area contributed by atoms with Crippen LogP contribution in [0.5, 0.6) is 0 Å². The number of thioether (sulfide) groups is 1. The molecule has 3 aromatic heterocycles. The van der Waals surface area contributed by atoms with Crippen molar-refractivity contribution in [3.05, 3.63) is 136 Å². The topological polar surface area (TPSA) is 924 Å². The number of amides is 12. The molecule has 7 rings (SSSR count). The molecule has 150 heavy (non-hydrogen) atoms. The number of nitrogens with two attached hydrogens (primary N) is 1. The lowest BCUT2D eigenvalue weighted by Gasteiger charge is -2.27. The molecule has 0 aliphatic heterocycles. The number of pyridine rings is 1. The van der Waals surface area contributed by atoms with E-state index < -0.39 is 332 Å². The summed E-state index contributed by atoms with van der Waals surface area (Å²) in [5, 5.41) is 217. The molecule has 0 saturated heterocycles. The van der Waals surface area contributed by atoms with Crippen molar-refractivity contribution >= 4 is 151 Å². The quantitative estimate of drug-likeness (QED) is 0.0125. The molecule has 12 amide bonds. The smallest absolute Gasteiger partial charge is 0.327 e. The summed E-state index contributed by atoms with van der Waals surface area (Å²) >= 11 is 1.50. The first-order valence-electron chi connectivity index (χ1n) is 46.8. The van der Waals surface area contributed by atoms with Crippen molar-refractivity contribution in [3.63, 3.8) is 0 Å². The number of rotatable bonds is 66. The van der Waals surface area contributed by atoms with Gasteiger partial charge < -0.3 is 172 Å². The first-order chi connectivity index (χ1) is 71.2. The number of carboxylic acids is 4. The number of nitrogens with zero attached hydrogens (tertiary/aromatic N) is 4. The number of fused-ring (bicyclic) bond motifs is 4. The van der Waals surface area contributed by atoms with Gasteiger partial charge in [0.05, 0.1) is 56.6 Å². The Labute approximate surface area is 867 Å². The van der Waals surface area contributed by atoms with Crippen LogP contribution in [0.25, 0.3) is 22.3 Å². The van der Waals surface area contributed by atoms with E-state index in [1.54, 1.807) is 18.2 Å². The zero-order valence-electron chi connectivity index (χ0n) is 80.9. The van der Waals surface area contributed by atoms with E-state index in [1.165, 1.54) is 62.4 Å². The van der Waals surface area contributed by atoms with E-state index in [0.29, 0.717) is 27.9 Å². The van der Waals surface area contributed by atoms with Crippen LogP contribution >= 0.6 is 33.3 Å². The lowest BCUT2D eigenvalue weighted by molar-refractivity contribution is -0.142. The van der Waals surface area contributed by atoms with Crippen LogP contribution in [-0.2, 0) is 78.5 Å². The lowest BCUT2D eigenvalue weighted by Crippen LogP contribution is -2.60. The van der Waals surface area contributed by atoms with E-state index in [0.717, 1.165) is 43.8 Å². The summed E-state index contributed by atoms with van der Waals surface area (Å²) in [6, 6.07) is 15.3. The van der Waals surface area contributed by atoms with Gasteiger partial charge in [-0.3, -0.25) is 76.9 Å². The average Bonchev–Trinajstić information content (AvgIpc) is 1.61. The molecule has 0 spiro atoms. The molecule has 0 saturated carbocycles. The molecular weight excluding hydrogens is 2040 g/mol. The molecule has 1 aliphatic carbocycles. The zero-order chi connectivity index (χ0) is 111. The maximum atomic E-state index is 14.5. The van der Waals surface area contributed by atoms with Crippen LogP contribution in [0.1, 0.15) is 123 Å². The Hall–Kier alpha value is -13.4. The molecule has 0 unspecified atom stereocenters. The van der Waals surface area contributed by atoms with Crippen LogP contribution in [0.2, 0.25) is 0 Å². The van der Waals surface area contributed by atoms with Crippen molar-refractivity contribution < 1.29 is 174 Å². The van der Waals surface area contributed by atoms with Gasteiger partial charge in [-0.25, -0.2) is 24.5 Å². The van der Waals surface area contributed by atoms with E-state index in [9.17, 15) is 158 Å². The van der Waals surface area contributed by atoms with Crippen molar-refractivity contribution in [3.8, 4) is 11.1 Å². The Balaban J connectivity index is 0.000000486. The maximum absolute atomic E-state index is 14.5. The fourth-order valence-electron chi connectivity index (χ4n) is 14.3. The Kier molecular flexibility index (Phi) is 53.6. The number of aromatic nitrogens is 5. The second-order valence-electron chi connectivity index (χ2n) is 34.3. The first kappa shape index (κ1) is 125. The number of carbonyl (C=O) groups excluding carboxylic acids is 12. The number of aliphatic carboxylic acids is 4. The maximum Gasteiger partial charge on any atom is 0.327 e. The van der Waals surface area contributed by atoms with E-state index >= 15 is 0 Å². The molecule has 3 aromatic carbocycles. The highest BCUT2D eigenvalue weighted by atomic mass is 33.1. The number of carboxylic acid groups (broad SMARTS) is 4. The van der Waals surface area contributed by atoms with Crippen molar-refractivity contribution in [2.75, 3.05) is 81.4 Å². The number of likely N-dealkylation sites (N-methyl/N-ethyl adjacent to an activating group) is 1. The van der Waals surface area contributed by atoms with E-state index in [1.807, 2.05) is 36.4 Å². The molecule has 55 nitrogen and oxygen atoms in total. The summed E-state index contributed by atoms with van der Waals surface area (Å²) in [4.78, 5) is 239. The van der Waals surface area contributed by atoms with E-state index in [4.69, 9.17) is 26.2 Å². The fourth-order valence-corrected chi connectivity index (χ4v) is 17.4. The Morgan fingerprint density at radius 2 is 0.840 bits per heavy atom. The molecule has 58 heteroatoms. The minimum absolute atomic E-state index is 0.0165. The van der Waals surface area contributed by atoms with E-state index in [2.05, 4.69) is 106 Å². The normalized spacial score (nSPS) is 15.6. The predicted molar refractivity (Wildman–Crippen MR) is 532 cm³/mol. The van der Waals surface area contributed by atoms with Crippen LogP contribution in [0.3, 0.4) is 0 Å². The van der Waals surface area contributed by atoms with E-state index in [-0.39, 0.29) is 60.2 Å². The van der Waals surface area contributed by atoms with Crippen LogP contribution in [-0.4, -0.2) is 403 Å². The molecule has 6 aromatic rings. The first-order valence-corrected chi connectivity index (χ1v) is 50.3. The second-order valence-corrected chi connectivity index (χ2v) is 37.8. The molecule has 0 fully saturated rings. The van der Waals surface area contributed by atoms with Crippen LogP contribution in [0.15, 0.2) is 113 Å². The molecule has 0 radical (unpaired) electrons. The van der Waals surface area contributed by atoms with Gasteiger partial charge in [-0.15, -0.1) is 0 Å². The number of benzene rings is 3. The van der Waals surface area contributed by atoms with Crippen molar-refractivity contribution in [2.45, 2.75) is 223 Å². The third kappa shape index (κ3) is 41.8. The van der Waals surface area contributed by atoms with Gasteiger partial charge in [0.25, 0.3) is 11.5 Å². The SMILES string of the molecule is CNC(=O)[C@H](CCC(=O)O)NC(=O)[C@H](CCC(=O)NC[C@H](O)[C@@H](O)[C@H](O)[C@H](O)CO)NC(=O)CC[C@H](NC(=O)c1ccc(NCc2cnc3nc(N)[nH]c(=O)c3n2)cc1)C(=O)O.C[C@@H](CCC(=O)NC[C@H](O)[C@@H](O)[C@H](O)[C@H](O)CO)C(=O)N[C@@H](CCC(=O)O)C(=O)N[C@@H](CCC(=O)NC[C@H](O)[C@@H](O)[C@H](O)[C@H](O)CO)C(=O)N[C@@H](CNC(=O)CCSCC1c2ccccc2-c2ccccc21)C(=O)N[C@@H](CSSc1ccccn1)C(=O)O. The lowest BCUT2D eigenvalue weighted by atomic mass is 9.99. The third-order valence-corrected chi connectivity index (χ3v) is 26.4. The molecule has 1 aliphatic rings. The number of hydrogen-bond donors (Lipinski definition) is 34. The number of aromatic amines is 1. The summed E-state index contributed by atoms with van der Waals surface area (Å²) in [5.41, 5.74) is 10.5. The molecule has 3 heterocycles. The molecular formula is C92H127N19O36S3. The Bertz CT molecular complexity index is 5520. The highest BCUT2D eigenvalue weighted by Crippen LogP contribution is 2.46. The number of aliphatic hydroxyl groups excluding tert-OH is 15. The Morgan fingerprint density at radius 1 is 0.427 bits per heavy atom. The van der Waals surface area contributed by atoms with Gasteiger partial charge in [0.1, 0.15) is 102 Å². The number of aliphatic hydroxyl groups is 15. The summed E-state index contributed by atoms with van der Waals surface area (Å²) in [5.74, 6) is -17.3. The number of nitrogen functional groups attached to an aromatic ring is 1. The number of anilines is 2. The van der Waals surface area contributed by atoms with Crippen LogP contribution in [0, 0.1) is 5.92 Å². The van der Waals surface area contributed by atoms with Gasteiger partial charge >= 0.3 is 23.9 Å². The van der Waals surface area contributed by atoms with Gasteiger partial charge in [-0.2, -0.15) is 16.7 Å². The molecule has 824 valence electrons. The average molecular weight is 2170 g/mol. The van der Waals surface area contributed by atoms with Crippen molar-refractivity contribution in [1.29, 1.82) is 0 Å². The second kappa shape index (κ2) is 64.2. The number of nitrogens with one attached hydrogen (secondary N) is 14. The summed E-state index contributed by atoms with van der Waals surface area (Å²) in [6.07, 6.45) is -26.5. The molecule has 0 bridgehead atoms. The van der Waals surface area contributed by atoms with Crippen LogP contribution < -0.4 is 80.4 Å². The standard InChI is InChI=1S/C56H78N8O21S3.C36H49N11O15/c1-29(13-16-43(71)59-23-39(67)48(76)50(78)41(69)25-65)52(80)61-36(15-18-47(74)75)53(81)62-35(14-17-44(72)60-24-40(68)49(77)51(79)42(70)26-66)54(82)63-37(55(83)64-38(56(84)85)28-87-88-46-12-6-7-20-57-46)22-58-45(73)19-21-86-27-34-32-10-4-2-8-30(32)31-9-3-5-11-33(31)34;1-38-32(58)19(8-11-26(53)54)44-33(59)20(6-9-24(51)40-14-22(49)28(55)29(56)23(50)15-48)43-25(52)10-7-21(35(61)62)45-31(57)16-2-4-17(5-3-16)39-12-18-13-41-30-27(42-18)34(60)47-36(37)46-30/h2-12,20,29,34-42,48-51,65-70,76-79H,13-19,21-28H2,1H3,(H,58,73)(H,59,71)(H,60,72)(H,61,80)(H,62,81)(H,63,82)(H,64,83)(H,74,75)(H,84,85);2-5,13,19-23,28-29,39,48-50,55-56H,6-12,14-15H2,1H3,(H,38,58)(H,40,51)(H,43,52)(H,44,59)(H,45,57)(H,53,54)(H,61,62)(H3,37,41,46,47,60)/t29-,35-,36-,37-,38-,39-,40-,41+,42+,48+,49+,50+,51+;19-,20-,21-,22-,23+,28+,29+/m00/s1. The predicted octanol–water partition coefficient (Wildman–Crippen LogP) is -9.15. The summed E-state index contributed by atoms with van der Waals surface area (Å²) in [6.45, 7) is -4.11. The monoisotopic (exact) mass is 2170 g/mol. The highest BCUT2D eigenvalue weighted by Gasteiger charge is 2.39. The van der Waals surface area contributed by atoms with Crippen molar-refractivity contribution in [1.82, 2.24) is 88.7 Å². The van der Waals surface area contributed by atoms with Gasteiger partial charge in [0.15, 0.2) is 11.2 Å². The van der Waals surface area contributed by atoms with Gasteiger partial charge in [-0.1, -0.05) is 72.3 Å². The zero-order valence-corrected chi connectivity index (χ0v) is 83.4. The van der Waals surface area contributed by atoms with Gasteiger partial charge in [-0.05, 0) is 108 Å². The largest absolute Gasteiger partial charge is 0.481 e. The minimum Gasteiger partial charge on any atom is -0.481 e. The number of carbonyl (C=O) groups is 16. The third-order valence-electron chi connectivity index (χ3n) is 23.0. The summed E-state index contributed by atoms with van der Waals surface area (Å²) < 4.78 is 0. The number of hydrogen-bond acceptors (Lipinski definition) is 41. The molecule has 20 atom stereocenters. The number of H-pyrrole nitrogens is 1. The molecule has 35 N–H and O–H groups in total. The van der Waals surface area contributed by atoms with Crippen molar-refractivity contribution in [2.24, 2.45) is 5.92 Å². The minimum atomic E-state index is -2.08. The van der Waals surface area contributed by atoms with Crippen LogP contribution in [0.4, 0.5) is 11.6 Å².